The van der Waals surface area contributed by atoms with Crippen molar-refractivity contribution in [3.8, 4) is 0 Å². The number of aryl methyl sites for hydroxylation is 1. The fourth-order valence-corrected chi connectivity index (χ4v) is 3.19. The molecule has 0 atom stereocenters. The molecule has 6 heteroatoms. The molecule has 0 bridgehead atoms. The summed E-state index contributed by atoms with van der Waals surface area (Å²) in [6, 6.07) is 21.3. The summed E-state index contributed by atoms with van der Waals surface area (Å²) in [6.45, 7) is 4.19. The average Bonchev–Trinajstić information content (AvgIpc) is 3.15. The zero-order chi connectivity index (χ0) is 19.6. The number of nitrogens with one attached hydrogen (secondary N) is 2. The highest BCUT2D eigenvalue weighted by atomic mass is 15.3. The largest absolute Gasteiger partial charge is 0.357 e. The summed E-state index contributed by atoms with van der Waals surface area (Å²) in [5, 5.41) is 10.8. The van der Waals surface area contributed by atoms with Crippen LogP contribution in [0.25, 0.3) is 0 Å². The smallest absolute Gasteiger partial charge is 0.191 e. The Morgan fingerprint density at radius 3 is 2.18 bits per heavy atom. The molecule has 6 nitrogen and oxygen atoms in total. The minimum Gasteiger partial charge on any atom is -0.357 e. The molecule has 3 aromatic rings. The second-order valence-electron chi connectivity index (χ2n) is 6.58. The molecule has 0 fully saturated rings. The SMILES string of the molecule is CCNC(=NCc1ncnn1C)NCCC(c1ccccc1)c1ccccc1. The van der Waals surface area contributed by atoms with Gasteiger partial charge in [0.2, 0.25) is 0 Å². The van der Waals surface area contributed by atoms with Crippen molar-refractivity contribution in [3.63, 3.8) is 0 Å². The van der Waals surface area contributed by atoms with Gasteiger partial charge in [-0.1, -0.05) is 60.7 Å². The first-order valence-electron chi connectivity index (χ1n) is 9.73. The van der Waals surface area contributed by atoms with Crippen LogP contribution in [0, 0.1) is 0 Å². The molecular formula is C22H28N6. The maximum Gasteiger partial charge on any atom is 0.191 e. The van der Waals surface area contributed by atoms with Crippen LogP contribution in [0.4, 0.5) is 0 Å². The molecule has 0 spiro atoms. The van der Waals surface area contributed by atoms with Gasteiger partial charge in [0.1, 0.15) is 18.7 Å². The molecule has 0 unspecified atom stereocenters. The lowest BCUT2D eigenvalue weighted by Gasteiger charge is -2.19. The monoisotopic (exact) mass is 376 g/mol. The third kappa shape index (κ3) is 5.42. The Kier molecular flexibility index (Phi) is 7.18. The molecule has 0 saturated carbocycles. The highest BCUT2D eigenvalue weighted by Crippen LogP contribution is 2.27. The predicted octanol–water partition coefficient (Wildman–Crippen LogP) is 3.09. The van der Waals surface area contributed by atoms with Crippen molar-refractivity contribution < 1.29 is 0 Å². The first-order chi connectivity index (χ1) is 13.8. The number of rotatable bonds is 8. The number of benzene rings is 2. The van der Waals surface area contributed by atoms with Crippen LogP contribution in [0.15, 0.2) is 72.0 Å². The van der Waals surface area contributed by atoms with Crippen LogP contribution in [-0.4, -0.2) is 33.8 Å². The van der Waals surface area contributed by atoms with Gasteiger partial charge in [0, 0.05) is 26.1 Å². The minimum absolute atomic E-state index is 0.344. The van der Waals surface area contributed by atoms with Gasteiger partial charge in [-0.2, -0.15) is 5.10 Å². The molecule has 0 saturated heterocycles. The second-order valence-corrected chi connectivity index (χ2v) is 6.58. The van der Waals surface area contributed by atoms with Gasteiger partial charge >= 0.3 is 0 Å². The molecule has 2 aromatic carbocycles. The van der Waals surface area contributed by atoms with E-state index in [1.807, 2.05) is 7.05 Å². The number of aromatic nitrogens is 3. The van der Waals surface area contributed by atoms with E-state index in [2.05, 4.69) is 93.3 Å². The predicted molar refractivity (Wildman–Crippen MR) is 113 cm³/mol. The summed E-state index contributed by atoms with van der Waals surface area (Å²) in [5.41, 5.74) is 2.66. The topological polar surface area (TPSA) is 67.1 Å². The van der Waals surface area contributed by atoms with Crippen molar-refractivity contribution in [2.45, 2.75) is 25.8 Å². The number of hydrogen-bond donors (Lipinski definition) is 2. The van der Waals surface area contributed by atoms with Crippen molar-refractivity contribution >= 4 is 5.96 Å². The third-order valence-electron chi connectivity index (χ3n) is 4.66. The average molecular weight is 377 g/mol. The first kappa shape index (κ1) is 19.6. The summed E-state index contributed by atoms with van der Waals surface area (Å²) in [6.07, 6.45) is 2.53. The molecule has 3 rings (SSSR count). The van der Waals surface area contributed by atoms with Gasteiger partial charge in [-0.05, 0) is 24.5 Å². The molecule has 146 valence electrons. The number of aliphatic imine (C=N–C) groups is 1. The maximum atomic E-state index is 4.63. The van der Waals surface area contributed by atoms with Crippen LogP contribution in [0.2, 0.25) is 0 Å². The molecule has 1 aromatic heterocycles. The van der Waals surface area contributed by atoms with Gasteiger partial charge in [-0.25, -0.2) is 9.98 Å². The Hall–Kier alpha value is -3.15. The van der Waals surface area contributed by atoms with E-state index in [-0.39, 0.29) is 0 Å². The molecule has 0 amide bonds. The van der Waals surface area contributed by atoms with Crippen LogP contribution >= 0.6 is 0 Å². The zero-order valence-electron chi connectivity index (χ0n) is 16.5. The molecule has 0 radical (unpaired) electrons. The summed E-state index contributed by atoms with van der Waals surface area (Å²) in [7, 11) is 1.88. The van der Waals surface area contributed by atoms with E-state index in [0.29, 0.717) is 12.5 Å². The van der Waals surface area contributed by atoms with E-state index >= 15 is 0 Å². The van der Waals surface area contributed by atoms with Crippen LogP contribution in [-0.2, 0) is 13.6 Å². The first-order valence-corrected chi connectivity index (χ1v) is 9.73. The molecule has 0 aliphatic carbocycles. The van der Waals surface area contributed by atoms with Gasteiger partial charge in [0.15, 0.2) is 5.96 Å². The fourth-order valence-electron chi connectivity index (χ4n) is 3.19. The molecule has 2 N–H and O–H groups in total. The summed E-state index contributed by atoms with van der Waals surface area (Å²) < 4.78 is 1.74. The fraction of sp³-hybridized carbons (Fsp3) is 0.318. The van der Waals surface area contributed by atoms with Gasteiger partial charge in [0.25, 0.3) is 0 Å². The van der Waals surface area contributed by atoms with Crippen molar-refractivity contribution in [1.82, 2.24) is 25.4 Å². The quantitative estimate of drug-likeness (QED) is 0.468. The molecular weight excluding hydrogens is 348 g/mol. The number of hydrogen-bond acceptors (Lipinski definition) is 3. The van der Waals surface area contributed by atoms with E-state index in [1.54, 1.807) is 11.0 Å². The van der Waals surface area contributed by atoms with E-state index < -0.39 is 0 Å². The molecule has 28 heavy (non-hydrogen) atoms. The van der Waals surface area contributed by atoms with Crippen molar-refractivity contribution in [2.75, 3.05) is 13.1 Å². The highest BCUT2D eigenvalue weighted by Gasteiger charge is 2.13. The van der Waals surface area contributed by atoms with Gasteiger partial charge in [-0.15, -0.1) is 0 Å². The zero-order valence-corrected chi connectivity index (χ0v) is 16.5. The summed E-state index contributed by atoms with van der Waals surface area (Å²) in [4.78, 5) is 8.86. The minimum atomic E-state index is 0.344. The van der Waals surface area contributed by atoms with E-state index in [1.165, 1.54) is 11.1 Å². The third-order valence-corrected chi connectivity index (χ3v) is 4.66. The van der Waals surface area contributed by atoms with Crippen LogP contribution in [0.1, 0.15) is 36.2 Å². The van der Waals surface area contributed by atoms with Crippen molar-refractivity contribution in [2.24, 2.45) is 12.0 Å². The van der Waals surface area contributed by atoms with E-state index in [9.17, 15) is 0 Å². The van der Waals surface area contributed by atoms with E-state index in [0.717, 1.165) is 31.3 Å². The standard InChI is InChI=1S/C22H28N6/c1-3-23-22(25-16-21-26-17-27-28(21)2)24-15-14-20(18-10-6-4-7-11-18)19-12-8-5-9-13-19/h4-13,17,20H,3,14-16H2,1-2H3,(H2,23,24,25). The van der Waals surface area contributed by atoms with Crippen molar-refractivity contribution in [3.05, 3.63) is 83.9 Å². The highest BCUT2D eigenvalue weighted by molar-refractivity contribution is 5.79. The second kappa shape index (κ2) is 10.3. The lowest BCUT2D eigenvalue weighted by atomic mass is 9.88. The van der Waals surface area contributed by atoms with Gasteiger partial charge < -0.3 is 10.6 Å². The molecule has 0 aliphatic rings. The summed E-state index contributed by atoms with van der Waals surface area (Å²) >= 11 is 0. The summed E-state index contributed by atoms with van der Waals surface area (Å²) in [5.74, 6) is 1.98. The Morgan fingerprint density at radius 2 is 1.64 bits per heavy atom. The molecule has 1 heterocycles. The number of nitrogens with zero attached hydrogens (tertiary/aromatic N) is 4. The van der Waals surface area contributed by atoms with Crippen LogP contribution < -0.4 is 10.6 Å². The van der Waals surface area contributed by atoms with Crippen LogP contribution in [0.5, 0.6) is 0 Å². The normalized spacial score (nSPS) is 11.6. The Balaban J connectivity index is 1.65. The van der Waals surface area contributed by atoms with Gasteiger partial charge in [-0.3, -0.25) is 4.68 Å². The molecule has 0 aliphatic heterocycles. The Bertz CT molecular complexity index is 818. The van der Waals surface area contributed by atoms with Crippen LogP contribution in [0.3, 0.4) is 0 Å². The lowest BCUT2D eigenvalue weighted by Crippen LogP contribution is -2.38. The lowest BCUT2D eigenvalue weighted by molar-refractivity contribution is 0.672. The van der Waals surface area contributed by atoms with Crippen molar-refractivity contribution in [1.29, 1.82) is 0 Å². The Morgan fingerprint density at radius 1 is 1.00 bits per heavy atom. The maximum absolute atomic E-state index is 4.63. The number of guanidine groups is 1. The van der Waals surface area contributed by atoms with E-state index in [4.69, 9.17) is 0 Å². The Labute approximate surface area is 166 Å². The van der Waals surface area contributed by atoms with Gasteiger partial charge in [0.05, 0.1) is 0 Å².